The molecule has 7 nitrogen and oxygen atoms in total. The van der Waals surface area contributed by atoms with Crippen LogP contribution in [0.15, 0.2) is 4.79 Å². The van der Waals surface area contributed by atoms with Gasteiger partial charge in [0.05, 0.1) is 11.5 Å². The molecule has 112 valence electrons. The summed E-state index contributed by atoms with van der Waals surface area (Å²) in [6.07, 6.45) is 0.630. The Kier molecular flexibility index (Phi) is 4.03. The third-order valence-electron chi connectivity index (χ3n) is 3.65. The van der Waals surface area contributed by atoms with Gasteiger partial charge in [0.1, 0.15) is 0 Å². The molecule has 0 aliphatic carbocycles. The van der Waals surface area contributed by atoms with Crippen LogP contribution in [0.4, 0.5) is 0 Å². The highest BCUT2D eigenvalue weighted by molar-refractivity contribution is 7.91. The molecule has 1 amide bonds. The fourth-order valence-corrected chi connectivity index (χ4v) is 4.04. The summed E-state index contributed by atoms with van der Waals surface area (Å²) in [6.45, 7) is 3.91. The third kappa shape index (κ3) is 3.30. The molecule has 0 aromatic carbocycles. The van der Waals surface area contributed by atoms with Crippen LogP contribution in [0.25, 0.3) is 0 Å². The zero-order valence-electron chi connectivity index (χ0n) is 11.6. The first-order valence-electron chi connectivity index (χ1n) is 6.54. The fraction of sp³-hybridized carbons (Fsp3) is 0.667. The van der Waals surface area contributed by atoms with E-state index in [4.69, 9.17) is 0 Å². The highest BCUT2D eigenvalue weighted by Gasteiger charge is 2.28. The van der Waals surface area contributed by atoms with E-state index in [9.17, 15) is 18.0 Å². The molecule has 1 aliphatic heterocycles. The molecular formula is C12H19N3O4S. The summed E-state index contributed by atoms with van der Waals surface area (Å²) >= 11 is 0. The molecule has 1 aromatic rings. The smallest absolute Gasteiger partial charge is 0.325 e. The Hall–Kier alpha value is -1.57. The van der Waals surface area contributed by atoms with Crippen molar-refractivity contribution in [2.75, 3.05) is 11.5 Å². The van der Waals surface area contributed by atoms with E-state index in [2.05, 4.69) is 10.3 Å². The van der Waals surface area contributed by atoms with Gasteiger partial charge in [0.25, 0.3) is 0 Å². The van der Waals surface area contributed by atoms with E-state index in [1.807, 2.05) is 6.92 Å². The molecule has 2 heterocycles. The molecule has 1 aliphatic rings. The second-order valence-corrected chi connectivity index (χ2v) is 7.44. The van der Waals surface area contributed by atoms with Crippen LogP contribution in [0.1, 0.15) is 24.2 Å². The van der Waals surface area contributed by atoms with Gasteiger partial charge in [-0.2, -0.15) is 0 Å². The van der Waals surface area contributed by atoms with E-state index in [1.165, 1.54) is 4.57 Å². The van der Waals surface area contributed by atoms with E-state index in [0.29, 0.717) is 13.0 Å². The number of carbonyl (C=O) groups excluding carboxylic acids is 1. The van der Waals surface area contributed by atoms with E-state index >= 15 is 0 Å². The van der Waals surface area contributed by atoms with Gasteiger partial charge < -0.3 is 10.3 Å². The zero-order chi connectivity index (χ0) is 14.9. The molecule has 2 rings (SSSR count). The van der Waals surface area contributed by atoms with Crippen molar-refractivity contribution in [2.45, 2.75) is 39.3 Å². The van der Waals surface area contributed by atoms with E-state index in [1.54, 1.807) is 6.92 Å². The van der Waals surface area contributed by atoms with Crippen LogP contribution < -0.4 is 11.0 Å². The molecule has 0 spiro atoms. The van der Waals surface area contributed by atoms with Crippen LogP contribution in [0.5, 0.6) is 0 Å². The molecule has 1 saturated heterocycles. The van der Waals surface area contributed by atoms with Gasteiger partial charge in [0.2, 0.25) is 5.91 Å². The molecule has 8 heteroatoms. The lowest BCUT2D eigenvalue weighted by Crippen LogP contribution is -2.36. The number of aryl methyl sites for hydroxylation is 1. The molecular weight excluding hydrogens is 282 g/mol. The summed E-state index contributed by atoms with van der Waals surface area (Å²) in [5, 5.41) is 2.71. The van der Waals surface area contributed by atoms with Crippen molar-refractivity contribution in [2.24, 2.45) is 0 Å². The molecule has 1 fully saturated rings. The average Bonchev–Trinajstić information content (AvgIpc) is 2.78. The molecule has 0 bridgehead atoms. The number of nitrogens with one attached hydrogen (secondary N) is 2. The number of aromatic amines is 1. The lowest BCUT2D eigenvalue weighted by Gasteiger charge is -2.11. The molecule has 1 atom stereocenters. The summed E-state index contributed by atoms with van der Waals surface area (Å²) in [6, 6.07) is -0.293. The first kappa shape index (κ1) is 14.8. The minimum atomic E-state index is -2.99. The largest absolute Gasteiger partial charge is 0.352 e. The van der Waals surface area contributed by atoms with Crippen molar-refractivity contribution >= 4 is 15.7 Å². The number of nitrogens with zero attached hydrogens (tertiary/aromatic N) is 1. The van der Waals surface area contributed by atoms with Gasteiger partial charge in [-0.25, -0.2) is 13.2 Å². The van der Waals surface area contributed by atoms with E-state index in [0.717, 1.165) is 11.4 Å². The summed E-state index contributed by atoms with van der Waals surface area (Å²) in [4.78, 5) is 26.1. The van der Waals surface area contributed by atoms with Gasteiger partial charge in [0.15, 0.2) is 9.84 Å². The Morgan fingerprint density at radius 2 is 2.15 bits per heavy atom. The molecule has 0 saturated carbocycles. The lowest BCUT2D eigenvalue weighted by molar-refractivity contribution is -0.121. The molecule has 0 radical (unpaired) electrons. The van der Waals surface area contributed by atoms with E-state index in [-0.39, 0.29) is 35.6 Å². The maximum atomic E-state index is 11.8. The van der Waals surface area contributed by atoms with Crippen LogP contribution in [0.2, 0.25) is 0 Å². The number of hydrogen-bond acceptors (Lipinski definition) is 4. The van der Waals surface area contributed by atoms with Crippen molar-refractivity contribution in [1.29, 1.82) is 0 Å². The Morgan fingerprint density at radius 3 is 2.65 bits per heavy atom. The first-order chi connectivity index (χ1) is 9.28. The van der Waals surface area contributed by atoms with Crippen molar-refractivity contribution in [3.8, 4) is 0 Å². The van der Waals surface area contributed by atoms with Crippen LogP contribution in [-0.2, 0) is 21.2 Å². The topological polar surface area (TPSA) is 101 Å². The van der Waals surface area contributed by atoms with Crippen molar-refractivity contribution in [3.63, 3.8) is 0 Å². The Morgan fingerprint density at radius 1 is 1.45 bits per heavy atom. The number of carbonyl (C=O) groups is 1. The highest BCUT2D eigenvalue weighted by Crippen LogP contribution is 2.11. The molecule has 1 unspecified atom stereocenters. The molecule has 20 heavy (non-hydrogen) atoms. The number of H-pyrrole nitrogens is 1. The standard InChI is InChI=1S/C12H19N3O4S/c1-8-9(2)15(12(17)13-8)5-3-11(16)14-10-4-6-20(18,19)7-10/h10H,3-7H2,1-2H3,(H,13,17)(H,14,16). The number of aromatic nitrogens is 2. The minimum Gasteiger partial charge on any atom is -0.352 e. The molecule has 2 N–H and O–H groups in total. The Bertz CT molecular complexity index is 671. The van der Waals surface area contributed by atoms with Crippen LogP contribution in [0.3, 0.4) is 0 Å². The van der Waals surface area contributed by atoms with E-state index < -0.39 is 9.84 Å². The zero-order valence-corrected chi connectivity index (χ0v) is 12.4. The predicted molar refractivity (Wildman–Crippen MR) is 74.3 cm³/mol. The fourth-order valence-electron chi connectivity index (χ4n) is 2.36. The van der Waals surface area contributed by atoms with Crippen LogP contribution >= 0.6 is 0 Å². The summed E-state index contributed by atoms with van der Waals surface area (Å²) < 4.78 is 24.1. The maximum absolute atomic E-state index is 11.8. The van der Waals surface area contributed by atoms with Crippen LogP contribution in [-0.4, -0.2) is 41.4 Å². The monoisotopic (exact) mass is 301 g/mol. The number of amides is 1. The van der Waals surface area contributed by atoms with Gasteiger partial charge in [-0.1, -0.05) is 0 Å². The summed E-state index contributed by atoms with van der Waals surface area (Å²) in [5.41, 5.74) is 1.37. The van der Waals surface area contributed by atoms with Gasteiger partial charge in [-0.05, 0) is 20.3 Å². The normalized spacial score (nSPS) is 21.0. The minimum absolute atomic E-state index is 0.0149. The van der Waals surface area contributed by atoms with Crippen LogP contribution in [0, 0.1) is 13.8 Å². The van der Waals surface area contributed by atoms with Gasteiger partial charge >= 0.3 is 5.69 Å². The average molecular weight is 301 g/mol. The second-order valence-electron chi connectivity index (χ2n) is 5.21. The predicted octanol–water partition coefficient (Wildman–Crippen LogP) is -0.513. The highest BCUT2D eigenvalue weighted by atomic mass is 32.2. The summed E-state index contributed by atoms with van der Waals surface area (Å²) in [5.74, 6) is -0.0774. The van der Waals surface area contributed by atoms with Crippen molar-refractivity contribution < 1.29 is 13.2 Å². The second kappa shape index (κ2) is 5.43. The SMILES string of the molecule is Cc1[nH]c(=O)n(CCC(=O)NC2CCS(=O)(=O)C2)c1C. The van der Waals surface area contributed by atoms with Gasteiger partial charge in [-0.3, -0.25) is 9.36 Å². The Labute approximate surface area is 117 Å². The van der Waals surface area contributed by atoms with Crippen molar-refractivity contribution in [1.82, 2.24) is 14.9 Å². The summed E-state index contributed by atoms with van der Waals surface area (Å²) in [7, 11) is -2.99. The first-order valence-corrected chi connectivity index (χ1v) is 8.36. The van der Waals surface area contributed by atoms with Crippen molar-refractivity contribution in [3.05, 3.63) is 21.9 Å². The number of hydrogen-bond donors (Lipinski definition) is 2. The lowest BCUT2D eigenvalue weighted by atomic mass is 10.2. The molecule has 1 aromatic heterocycles. The van der Waals surface area contributed by atoms with Gasteiger partial charge in [0, 0.05) is 30.4 Å². The maximum Gasteiger partial charge on any atom is 0.325 e. The number of imidazole rings is 1. The number of sulfone groups is 1. The number of rotatable bonds is 4. The third-order valence-corrected chi connectivity index (χ3v) is 5.42. The Balaban J connectivity index is 1.88. The quantitative estimate of drug-likeness (QED) is 0.782. The van der Waals surface area contributed by atoms with Gasteiger partial charge in [-0.15, -0.1) is 0 Å².